The van der Waals surface area contributed by atoms with E-state index in [2.05, 4.69) is 47.8 Å². The van der Waals surface area contributed by atoms with Crippen LogP contribution in [-0.2, 0) is 9.09 Å². The van der Waals surface area contributed by atoms with E-state index in [4.69, 9.17) is 50.9 Å². The van der Waals surface area contributed by atoms with Crippen LogP contribution in [0, 0.1) is 5.41 Å². The molecule has 0 saturated heterocycles. The molecule has 2 N–H and O–H groups in total. The smallest absolute Gasteiger partial charge is 0.303 e. The molecule has 0 bridgehead atoms. The van der Waals surface area contributed by atoms with Crippen molar-refractivity contribution in [3.8, 4) is 0 Å². The Morgan fingerprint density at radius 1 is 0.957 bits per heavy atom. The third kappa shape index (κ3) is 4.96. The van der Waals surface area contributed by atoms with E-state index in [1.807, 2.05) is 0 Å². The van der Waals surface area contributed by atoms with Crippen molar-refractivity contribution < 1.29 is 18.9 Å². The highest BCUT2D eigenvalue weighted by Gasteiger charge is 2.71. The molecule has 0 saturated carbocycles. The van der Waals surface area contributed by atoms with Crippen LogP contribution in [0.1, 0.15) is 40.5 Å². The Morgan fingerprint density at radius 2 is 1.26 bits per heavy atom. The second kappa shape index (κ2) is 7.98. The van der Waals surface area contributed by atoms with E-state index in [1.54, 1.807) is 27.7 Å². The molecule has 12 heteroatoms. The highest BCUT2D eigenvalue weighted by Crippen LogP contribution is 2.70. The van der Waals surface area contributed by atoms with Crippen LogP contribution in [0.15, 0.2) is 0 Å². The topological polar surface area (TPSA) is 66.8 Å². The van der Waals surface area contributed by atoms with Crippen LogP contribution in [0.5, 0.6) is 0 Å². The number of hydrogen-bond acceptors (Lipinski definition) is 2. The van der Waals surface area contributed by atoms with Gasteiger partial charge in [-0.2, -0.15) is 0 Å². The summed E-state index contributed by atoms with van der Waals surface area (Å²) in [5.74, 6) is 0. The van der Waals surface area contributed by atoms with Crippen molar-refractivity contribution in [3.63, 3.8) is 0 Å². The molecular weight excluding hydrogens is 609 g/mol. The van der Waals surface area contributed by atoms with Crippen molar-refractivity contribution in [1.29, 1.82) is 0 Å². The van der Waals surface area contributed by atoms with E-state index < -0.39 is 29.6 Å². The van der Waals surface area contributed by atoms with Gasteiger partial charge in [0.1, 0.15) is 13.0 Å². The van der Waals surface area contributed by atoms with Crippen LogP contribution < -0.4 is 0 Å². The van der Waals surface area contributed by atoms with Crippen molar-refractivity contribution in [2.45, 2.75) is 56.9 Å². The fourth-order valence-corrected chi connectivity index (χ4v) is 7.54. The van der Waals surface area contributed by atoms with Crippen molar-refractivity contribution >= 4 is 102 Å². The molecule has 140 valence electrons. The first-order chi connectivity index (χ1) is 9.83. The lowest BCUT2D eigenvalue weighted by Crippen LogP contribution is -2.66. The maximum absolute atomic E-state index is 11.3. The minimum Gasteiger partial charge on any atom is -0.303 e. The third-order valence-corrected chi connectivity index (χ3v) is 12.5. The van der Waals surface area contributed by atoms with E-state index >= 15 is 0 Å². The van der Waals surface area contributed by atoms with Gasteiger partial charge in [0.2, 0.25) is 0 Å². The van der Waals surface area contributed by atoms with Gasteiger partial charge in [-0.1, -0.05) is 90.0 Å². The highest BCUT2D eigenvalue weighted by molar-refractivity contribution is 9.25. The quantitative estimate of drug-likeness (QED) is 0.228. The van der Waals surface area contributed by atoms with E-state index in [1.165, 1.54) is 0 Å². The Hall–Kier alpha value is 2.71. The molecule has 23 heavy (non-hydrogen) atoms. The minimum absolute atomic E-state index is 0.248. The largest absolute Gasteiger partial charge is 0.471 e. The summed E-state index contributed by atoms with van der Waals surface area (Å²) >= 11 is 35.9. The van der Waals surface area contributed by atoms with Gasteiger partial charge in [0, 0.05) is 5.41 Å². The SMILES string of the molecule is CCC(Cl)(Cl)C(Br)(C(Cl)(Cl)CC)C(C)(C)C(Br)(Br)OP(=O)(O)O. The fraction of sp³-hybridized carbons (Fsp3) is 1.00. The molecule has 0 fully saturated rings. The number of phosphoric acid groups is 1. The number of hydrogen-bond donors (Lipinski definition) is 2. The Bertz CT molecular complexity index is 466. The highest BCUT2D eigenvalue weighted by atomic mass is 79.9. The van der Waals surface area contributed by atoms with E-state index in [0.717, 1.165) is 0 Å². The molecular formula is C11H18Br3Cl4O4P. The first-order valence-corrected chi connectivity index (χ1v) is 11.8. The van der Waals surface area contributed by atoms with Gasteiger partial charge in [0.05, 0.1) is 0 Å². The zero-order valence-electron chi connectivity index (χ0n) is 12.7. The van der Waals surface area contributed by atoms with E-state index in [9.17, 15) is 14.4 Å². The zero-order valence-corrected chi connectivity index (χ0v) is 21.4. The normalized spacial score (nSPS) is 15.9. The molecule has 0 aliphatic heterocycles. The van der Waals surface area contributed by atoms with Crippen LogP contribution in [0.25, 0.3) is 0 Å². The molecule has 0 aliphatic rings. The molecule has 0 radical (unpaired) electrons. The summed E-state index contributed by atoms with van der Waals surface area (Å²) < 4.78 is 9.98. The van der Waals surface area contributed by atoms with Crippen LogP contribution in [0.3, 0.4) is 0 Å². The molecule has 0 unspecified atom stereocenters. The molecule has 0 aromatic heterocycles. The van der Waals surface area contributed by atoms with Crippen molar-refractivity contribution in [2.75, 3.05) is 0 Å². The van der Waals surface area contributed by atoms with Gasteiger partial charge in [-0.05, 0) is 44.7 Å². The maximum atomic E-state index is 11.3. The number of phosphoric ester groups is 1. The predicted molar refractivity (Wildman–Crippen MR) is 109 cm³/mol. The summed E-state index contributed by atoms with van der Waals surface area (Å²) in [6.45, 7) is 6.68. The minimum atomic E-state index is -4.86. The summed E-state index contributed by atoms with van der Waals surface area (Å²) in [4.78, 5) is 18.4. The first kappa shape index (κ1) is 25.7. The molecule has 4 nitrogen and oxygen atoms in total. The third-order valence-electron chi connectivity index (χ3n) is 3.72. The van der Waals surface area contributed by atoms with E-state index in [-0.39, 0.29) is 12.8 Å². The average molecular weight is 627 g/mol. The van der Waals surface area contributed by atoms with Crippen LogP contribution in [0.4, 0.5) is 0 Å². The first-order valence-electron chi connectivity index (χ1n) is 6.41. The van der Waals surface area contributed by atoms with Crippen LogP contribution >= 0.6 is 102 Å². The van der Waals surface area contributed by atoms with Crippen molar-refractivity contribution in [3.05, 3.63) is 0 Å². The maximum Gasteiger partial charge on any atom is 0.471 e. The Morgan fingerprint density at radius 3 is 1.48 bits per heavy atom. The molecule has 0 aliphatic carbocycles. The standard InChI is InChI=1S/C11H18Br3Cl4O4P/c1-5-8(15,16)10(12,9(17,18)6-2)7(3,4)11(13,14)22-23(19,20)21/h5-6H2,1-4H3,(H2,19,20,21). The van der Waals surface area contributed by atoms with Gasteiger partial charge in [-0.25, -0.2) is 4.57 Å². The van der Waals surface area contributed by atoms with Gasteiger partial charge in [0.15, 0.2) is 3.42 Å². The predicted octanol–water partition coefficient (Wildman–Crippen LogP) is 6.87. The molecule has 0 aromatic carbocycles. The Kier molecular flexibility index (Phi) is 8.93. The lowest BCUT2D eigenvalue weighted by molar-refractivity contribution is 0.0519. The number of alkyl halides is 7. The van der Waals surface area contributed by atoms with Gasteiger partial charge >= 0.3 is 7.82 Å². The van der Waals surface area contributed by atoms with Crippen LogP contribution in [-0.4, -0.2) is 26.2 Å². The van der Waals surface area contributed by atoms with Gasteiger partial charge < -0.3 is 9.79 Å². The summed E-state index contributed by atoms with van der Waals surface area (Å²) in [6.07, 6.45) is 0.496. The van der Waals surface area contributed by atoms with Gasteiger partial charge in [0.25, 0.3) is 0 Å². The van der Waals surface area contributed by atoms with Crippen molar-refractivity contribution in [1.82, 2.24) is 0 Å². The molecule has 0 spiro atoms. The number of halogens is 7. The second-order valence-electron chi connectivity index (χ2n) is 5.50. The van der Waals surface area contributed by atoms with E-state index in [0.29, 0.717) is 0 Å². The summed E-state index contributed by atoms with van der Waals surface area (Å²) in [6, 6.07) is 0. The summed E-state index contributed by atoms with van der Waals surface area (Å²) in [5.41, 5.74) is -1.26. The van der Waals surface area contributed by atoms with Crippen molar-refractivity contribution in [2.24, 2.45) is 5.41 Å². The molecule has 0 atom stereocenters. The molecule has 0 rings (SSSR count). The van der Waals surface area contributed by atoms with Crippen LogP contribution in [0.2, 0.25) is 0 Å². The summed E-state index contributed by atoms with van der Waals surface area (Å²) in [5, 5.41) is 0. The molecule has 0 heterocycles. The fourth-order valence-electron chi connectivity index (χ4n) is 2.13. The second-order valence-corrected chi connectivity index (χ2v) is 14.1. The van der Waals surface area contributed by atoms with Gasteiger partial charge in [-0.15, -0.1) is 0 Å². The Labute approximate surface area is 181 Å². The number of rotatable bonds is 8. The lowest BCUT2D eigenvalue weighted by atomic mass is 9.73. The Balaban J connectivity index is 6.46. The lowest BCUT2D eigenvalue weighted by Gasteiger charge is -2.58. The molecule has 0 amide bonds. The molecule has 0 aromatic rings. The van der Waals surface area contributed by atoms with Gasteiger partial charge in [-0.3, -0.25) is 4.52 Å². The summed E-state index contributed by atoms with van der Waals surface area (Å²) in [7, 11) is -4.86. The average Bonchev–Trinajstić information content (AvgIpc) is 2.33. The zero-order chi connectivity index (χ0) is 19.1. The monoisotopic (exact) mass is 622 g/mol.